The number of hydrogen-bond acceptors (Lipinski definition) is 3. The molecule has 1 unspecified atom stereocenters. The van der Waals surface area contributed by atoms with Crippen LogP contribution >= 0.6 is 0 Å². The summed E-state index contributed by atoms with van der Waals surface area (Å²) in [5, 5.41) is 0. The van der Waals surface area contributed by atoms with Gasteiger partial charge in [-0.3, -0.25) is 14.4 Å². The number of amides is 2. The number of nitrogens with zero attached hydrogens (tertiary/aromatic N) is 2. The fourth-order valence-corrected chi connectivity index (χ4v) is 4.42. The molecule has 0 saturated heterocycles. The minimum absolute atomic E-state index is 0.0559. The van der Waals surface area contributed by atoms with Gasteiger partial charge in [0.1, 0.15) is 0 Å². The molecule has 38 heavy (non-hydrogen) atoms. The van der Waals surface area contributed by atoms with Crippen molar-refractivity contribution < 1.29 is 14.4 Å². The Hall–Kier alpha value is -4.51. The van der Waals surface area contributed by atoms with E-state index < -0.39 is 0 Å². The summed E-state index contributed by atoms with van der Waals surface area (Å²) in [6, 6.07) is 33.4. The van der Waals surface area contributed by atoms with Crippen LogP contribution in [0.1, 0.15) is 62.3 Å². The van der Waals surface area contributed by atoms with Crippen molar-refractivity contribution in [3.63, 3.8) is 0 Å². The first-order valence-electron chi connectivity index (χ1n) is 12.7. The number of rotatable bonds is 9. The molecule has 192 valence electrons. The van der Waals surface area contributed by atoms with E-state index >= 15 is 0 Å². The Morgan fingerprint density at radius 1 is 0.632 bits per heavy atom. The van der Waals surface area contributed by atoms with Crippen molar-refractivity contribution in [2.75, 3.05) is 23.9 Å². The van der Waals surface area contributed by atoms with E-state index in [1.807, 2.05) is 78.9 Å². The van der Waals surface area contributed by atoms with E-state index in [2.05, 4.69) is 19.1 Å². The smallest absolute Gasteiger partial charge is 0.258 e. The molecule has 0 spiro atoms. The zero-order valence-electron chi connectivity index (χ0n) is 22.0. The molecule has 4 aromatic rings. The minimum Gasteiger partial charge on any atom is -0.311 e. The Labute approximate surface area is 224 Å². The third kappa shape index (κ3) is 6.06. The second kappa shape index (κ2) is 12.2. The van der Waals surface area contributed by atoms with E-state index in [1.54, 1.807) is 32.3 Å². The highest BCUT2D eigenvalue weighted by molar-refractivity contribution is 6.17. The molecule has 0 aliphatic carbocycles. The first kappa shape index (κ1) is 26.6. The van der Waals surface area contributed by atoms with Crippen LogP contribution in [0.3, 0.4) is 0 Å². The van der Waals surface area contributed by atoms with E-state index in [9.17, 15) is 14.4 Å². The number of Topliss-reactive ketones (excluding diaryl/α,β-unsaturated/α-hetero) is 1. The maximum absolute atomic E-state index is 13.7. The zero-order chi connectivity index (χ0) is 27.1. The summed E-state index contributed by atoms with van der Waals surface area (Å²) in [7, 11) is 3.35. The van der Waals surface area contributed by atoms with Crippen LogP contribution in [0, 0.1) is 0 Å². The van der Waals surface area contributed by atoms with Crippen molar-refractivity contribution in [3.8, 4) is 0 Å². The number of carbonyl (C=O) groups is 3. The third-order valence-electron chi connectivity index (χ3n) is 6.87. The Kier molecular flexibility index (Phi) is 8.49. The molecular weight excluding hydrogens is 472 g/mol. The molecule has 5 heteroatoms. The Bertz CT molecular complexity index is 1400. The number of hydrogen-bond donors (Lipinski definition) is 0. The van der Waals surface area contributed by atoms with Gasteiger partial charge >= 0.3 is 0 Å². The maximum atomic E-state index is 13.7. The zero-order valence-corrected chi connectivity index (χ0v) is 22.0. The van der Waals surface area contributed by atoms with Crippen molar-refractivity contribution in [3.05, 3.63) is 131 Å². The van der Waals surface area contributed by atoms with Crippen LogP contribution in [0.15, 0.2) is 109 Å². The monoisotopic (exact) mass is 504 g/mol. The Morgan fingerprint density at radius 2 is 1.11 bits per heavy atom. The van der Waals surface area contributed by atoms with Gasteiger partial charge in [-0.05, 0) is 54.3 Å². The minimum atomic E-state index is -0.353. The summed E-state index contributed by atoms with van der Waals surface area (Å²) in [5.41, 5.74) is 3.46. The molecule has 5 nitrogen and oxygen atoms in total. The third-order valence-corrected chi connectivity index (χ3v) is 6.87. The van der Waals surface area contributed by atoms with Gasteiger partial charge in [-0.2, -0.15) is 0 Å². The molecule has 0 radical (unpaired) electrons. The largest absolute Gasteiger partial charge is 0.311 e. The van der Waals surface area contributed by atoms with Gasteiger partial charge in [0.05, 0.1) is 11.1 Å². The van der Waals surface area contributed by atoms with E-state index in [4.69, 9.17) is 0 Å². The molecule has 0 aliphatic heterocycles. The highest BCUT2D eigenvalue weighted by Gasteiger charge is 2.25. The van der Waals surface area contributed by atoms with Gasteiger partial charge in [0.15, 0.2) is 5.78 Å². The quantitative estimate of drug-likeness (QED) is 0.231. The SMILES string of the molecule is CC(CCC(=O)c1ccc(C(=O)N(C)c2ccccc2)c(C(=O)N(C)c2ccccc2)c1)c1ccccc1. The first-order chi connectivity index (χ1) is 18.4. The lowest BCUT2D eigenvalue weighted by Crippen LogP contribution is -2.32. The van der Waals surface area contributed by atoms with Crippen molar-refractivity contribution in [2.45, 2.75) is 25.7 Å². The van der Waals surface area contributed by atoms with Gasteiger partial charge in [0.2, 0.25) is 0 Å². The number of benzene rings is 4. The van der Waals surface area contributed by atoms with Crippen LogP contribution in [0.5, 0.6) is 0 Å². The van der Waals surface area contributed by atoms with Gasteiger partial charge in [0, 0.05) is 37.5 Å². The van der Waals surface area contributed by atoms with Gasteiger partial charge in [-0.25, -0.2) is 0 Å². The topological polar surface area (TPSA) is 57.7 Å². The molecule has 0 saturated carbocycles. The van der Waals surface area contributed by atoms with Crippen LogP contribution in [0.4, 0.5) is 11.4 Å². The predicted octanol–water partition coefficient (Wildman–Crippen LogP) is 7.01. The van der Waals surface area contributed by atoms with Crippen molar-refractivity contribution in [1.29, 1.82) is 0 Å². The highest BCUT2D eigenvalue weighted by Crippen LogP contribution is 2.25. The van der Waals surface area contributed by atoms with Crippen LogP contribution in [0.2, 0.25) is 0 Å². The van der Waals surface area contributed by atoms with Gasteiger partial charge in [0.25, 0.3) is 11.8 Å². The standard InChI is InChI=1S/C33H32N2O3/c1-24(25-13-7-4-8-14-25)19-22-31(36)26-20-21-29(32(37)34(2)27-15-9-5-10-16-27)30(23-26)33(38)35(3)28-17-11-6-12-18-28/h4-18,20-21,23-24H,19,22H2,1-3H3. The second-order valence-corrected chi connectivity index (χ2v) is 9.43. The molecule has 4 rings (SSSR count). The Balaban J connectivity index is 1.64. The van der Waals surface area contributed by atoms with Gasteiger partial charge in [-0.1, -0.05) is 79.7 Å². The normalized spacial score (nSPS) is 11.4. The molecule has 0 N–H and O–H groups in total. The lowest BCUT2D eigenvalue weighted by molar-refractivity contribution is 0.0957. The molecule has 1 atom stereocenters. The van der Waals surface area contributed by atoms with Crippen LogP contribution in [0.25, 0.3) is 0 Å². The van der Waals surface area contributed by atoms with Gasteiger partial charge < -0.3 is 9.80 Å². The predicted molar refractivity (Wildman–Crippen MR) is 153 cm³/mol. The summed E-state index contributed by atoms with van der Waals surface area (Å²) in [6.07, 6.45) is 1.03. The van der Waals surface area contributed by atoms with Gasteiger partial charge in [-0.15, -0.1) is 0 Å². The average Bonchev–Trinajstić information content (AvgIpc) is 2.99. The van der Waals surface area contributed by atoms with Crippen LogP contribution in [-0.2, 0) is 0 Å². The fourth-order valence-electron chi connectivity index (χ4n) is 4.42. The number of anilines is 2. The van der Waals surface area contributed by atoms with Crippen LogP contribution < -0.4 is 9.80 Å². The summed E-state index contributed by atoms with van der Waals surface area (Å²) in [5.74, 6) is -0.503. The highest BCUT2D eigenvalue weighted by atomic mass is 16.2. The second-order valence-electron chi connectivity index (χ2n) is 9.43. The molecule has 4 aromatic carbocycles. The molecule has 0 fully saturated rings. The molecule has 0 aromatic heterocycles. The molecular formula is C33H32N2O3. The molecule has 2 amide bonds. The number of ketones is 1. The maximum Gasteiger partial charge on any atom is 0.258 e. The van der Waals surface area contributed by atoms with Crippen LogP contribution in [-0.4, -0.2) is 31.7 Å². The number of carbonyl (C=O) groups excluding carboxylic acids is 3. The van der Waals surface area contributed by atoms with E-state index in [1.165, 1.54) is 15.4 Å². The fraction of sp³-hybridized carbons (Fsp3) is 0.182. The summed E-state index contributed by atoms with van der Waals surface area (Å²) in [6.45, 7) is 2.10. The lowest BCUT2D eigenvalue weighted by Gasteiger charge is -2.22. The number of para-hydroxylation sites is 2. The lowest BCUT2D eigenvalue weighted by atomic mass is 9.92. The Morgan fingerprint density at radius 3 is 1.63 bits per heavy atom. The summed E-state index contributed by atoms with van der Waals surface area (Å²) < 4.78 is 0. The van der Waals surface area contributed by atoms with Crippen molar-refractivity contribution >= 4 is 29.0 Å². The molecule has 0 heterocycles. The average molecular weight is 505 g/mol. The summed E-state index contributed by atoms with van der Waals surface area (Å²) >= 11 is 0. The molecule has 0 aliphatic rings. The van der Waals surface area contributed by atoms with E-state index in [-0.39, 0.29) is 34.6 Å². The van der Waals surface area contributed by atoms with E-state index in [0.29, 0.717) is 29.8 Å². The first-order valence-corrected chi connectivity index (χ1v) is 12.7. The van der Waals surface area contributed by atoms with Crippen molar-refractivity contribution in [2.24, 2.45) is 0 Å². The van der Waals surface area contributed by atoms with Crippen molar-refractivity contribution in [1.82, 2.24) is 0 Å². The van der Waals surface area contributed by atoms with E-state index in [0.717, 1.165) is 0 Å². The summed E-state index contributed by atoms with van der Waals surface area (Å²) in [4.78, 5) is 43.5. The molecule has 0 bridgehead atoms.